The van der Waals surface area contributed by atoms with Crippen LogP contribution in [0.25, 0.3) is 5.69 Å². The van der Waals surface area contributed by atoms with Crippen molar-refractivity contribution in [2.24, 2.45) is 0 Å². The van der Waals surface area contributed by atoms with E-state index < -0.39 is 12.2 Å². The molecule has 0 atom stereocenters. The van der Waals surface area contributed by atoms with Crippen molar-refractivity contribution < 1.29 is 13.5 Å². The van der Waals surface area contributed by atoms with Crippen LogP contribution in [0.5, 0.6) is 5.75 Å². The molecule has 0 aliphatic rings. The molecule has 2 aromatic rings. The first-order valence-corrected chi connectivity index (χ1v) is 6.15. The van der Waals surface area contributed by atoms with E-state index in [0.29, 0.717) is 10.7 Å². The highest BCUT2D eigenvalue weighted by atomic mass is 79.9. The van der Waals surface area contributed by atoms with Gasteiger partial charge in [0.15, 0.2) is 5.75 Å². The number of halogens is 4. The maximum absolute atomic E-state index is 12.1. The number of nitrogens with zero attached hydrogens (tertiary/aromatic N) is 2. The Morgan fingerprint density at radius 2 is 2.05 bits per heavy atom. The van der Waals surface area contributed by atoms with Gasteiger partial charge in [-0.3, -0.25) is 4.79 Å². The first-order valence-electron chi connectivity index (χ1n) is 4.98. The molecule has 0 saturated heterocycles. The average molecular weight is 352 g/mol. The van der Waals surface area contributed by atoms with Gasteiger partial charge in [-0.05, 0) is 28.1 Å². The number of para-hydroxylation sites is 1. The molecule has 1 heterocycles. The van der Waals surface area contributed by atoms with E-state index in [1.807, 2.05) is 0 Å². The number of rotatable bonds is 3. The first-order chi connectivity index (χ1) is 9.00. The molecule has 1 aromatic heterocycles. The van der Waals surface area contributed by atoms with Crippen molar-refractivity contribution in [2.75, 3.05) is 0 Å². The highest BCUT2D eigenvalue weighted by molar-refractivity contribution is 9.10. The minimum Gasteiger partial charge on any atom is -0.432 e. The SMILES string of the molecule is O=c1c(Br)c(OC(F)F)cnn1-c1ccccc1Cl. The quantitative estimate of drug-likeness (QED) is 0.853. The van der Waals surface area contributed by atoms with Crippen LogP contribution >= 0.6 is 27.5 Å². The van der Waals surface area contributed by atoms with Crippen molar-refractivity contribution in [2.45, 2.75) is 6.61 Å². The summed E-state index contributed by atoms with van der Waals surface area (Å²) in [7, 11) is 0. The molecule has 0 radical (unpaired) electrons. The lowest BCUT2D eigenvalue weighted by Gasteiger charge is -2.10. The van der Waals surface area contributed by atoms with E-state index in [1.165, 1.54) is 0 Å². The third-order valence-electron chi connectivity index (χ3n) is 2.18. The van der Waals surface area contributed by atoms with Crippen LogP contribution in [0.1, 0.15) is 0 Å². The lowest BCUT2D eigenvalue weighted by Crippen LogP contribution is -2.23. The van der Waals surface area contributed by atoms with Crippen LogP contribution in [-0.4, -0.2) is 16.4 Å². The van der Waals surface area contributed by atoms with E-state index in [1.54, 1.807) is 24.3 Å². The molecule has 0 bridgehead atoms. The molecule has 4 nitrogen and oxygen atoms in total. The number of benzene rings is 1. The van der Waals surface area contributed by atoms with Crippen molar-refractivity contribution in [3.05, 3.63) is 50.3 Å². The molecule has 0 spiro atoms. The second-order valence-electron chi connectivity index (χ2n) is 3.37. The average Bonchev–Trinajstić information content (AvgIpc) is 2.36. The summed E-state index contributed by atoms with van der Waals surface area (Å²) >= 11 is 8.85. The Morgan fingerprint density at radius 3 is 2.68 bits per heavy atom. The summed E-state index contributed by atoms with van der Waals surface area (Å²) in [6.07, 6.45) is 1.01. The zero-order chi connectivity index (χ0) is 14.0. The Balaban J connectivity index is 2.54. The fraction of sp³-hybridized carbons (Fsp3) is 0.0909. The molecule has 0 aliphatic carbocycles. The first kappa shape index (κ1) is 14.0. The summed E-state index contributed by atoms with van der Waals surface area (Å²) in [5.41, 5.74) is -0.301. The number of aromatic nitrogens is 2. The minimum atomic E-state index is -3.03. The van der Waals surface area contributed by atoms with E-state index in [4.69, 9.17) is 11.6 Å². The molecule has 19 heavy (non-hydrogen) atoms. The molecule has 100 valence electrons. The summed E-state index contributed by atoms with van der Waals surface area (Å²) < 4.78 is 29.2. The predicted molar refractivity (Wildman–Crippen MR) is 69.2 cm³/mol. The predicted octanol–water partition coefficient (Wildman–Crippen LogP) is 3.25. The van der Waals surface area contributed by atoms with Crippen molar-refractivity contribution >= 4 is 27.5 Å². The Bertz CT molecular complexity index is 663. The number of alkyl halides is 2. The van der Waals surface area contributed by atoms with Crippen LogP contribution in [0.3, 0.4) is 0 Å². The van der Waals surface area contributed by atoms with Gasteiger partial charge in [0.25, 0.3) is 5.56 Å². The molecule has 1 aromatic carbocycles. The van der Waals surface area contributed by atoms with Crippen LogP contribution in [-0.2, 0) is 0 Å². The lowest BCUT2D eigenvalue weighted by atomic mass is 10.3. The number of hydrogen-bond acceptors (Lipinski definition) is 3. The van der Waals surface area contributed by atoms with Gasteiger partial charge in [0.1, 0.15) is 4.47 Å². The van der Waals surface area contributed by atoms with E-state index in [-0.39, 0.29) is 10.2 Å². The molecular weight excluding hydrogens is 345 g/mol. The monoisotopic (exact) mass is 350 g/mol. The molecule has 0 fully saturated rings. The summed E-state index contributed by atoms with van der Waals surface area (Å²) in [5.74, 6) is -0.330. The maximum atomic E-state index is 12.1. The smallest absolute Gasteiger partial charge is 0.387 e. The van der Waals surface area contributed by atoms with Crippen LogP contribution in [0.2, 0.25) is 5.02 Å². The normalized spacial score (nSPS) is 10.8. The molecule has 0 aliphatic heterocycles. The van der Waals surface area contributed by atoms with Gasteiger partial charge in [0.2, 0.25) is 0 Å². The standard InChI is InChI=1S/C11H6BrClF2N2O2/c12-9-8(19-11(14)15)5-16-17(10(9)18)7-4-2-1-3-6(7)13/h1-5,11H. The highest BCUT2D eigenvalue weighted by Gasteiger charge is 2.15. The Labute approximate surface area is 119 Å². The molecular formula is C11H6BrClF2N2O2. The van der Waals surface area contributed by atoms with Crippen LogP contribution < -0.4 is 10.3 Å². The van der Waals surface area contributed by atoms with Crippen molar-refractivity contribution in [3.63, 3.8) is 0 Å². The van der Waals surface area contributed by atoms with Gasteiger partial charge in [0.05, 0.1) is 16.9 Å². The minimum absolute atomic E-state index is 0.150. The second-order valence-corrected chi connectivity index (χ2v) is 4.57. The van der Waals surface area contributed by atoms with Crippen molar-refractivity contribution in [1.29, 1.82) is 0 Å². The van der Waals surface area contributed by atoms with Crippen LogP contribution in [0.15, 0.2) is 39.7 Å². The van der Waals surface area contributed by atoms with E-state index in [9.17, 15) is 13.6 Å². The van der Waals surface area contributed by atoms with Crippen LogP contribution in [0.4, 0.5) is 8.78 Å². The zero-order valence-corrected chi connectivity index (χ0v) is 11.5. The topological polar surface area (TPSA) is 44.1 Å². The van der Waals surface area contributed by atoms with Crippen molar-refractivity contribution in [1.82, 2.24) is 9.78 Å². The summed E-state index contributed by atoms with van der Waals surface area (Å²) in [5, 5.41) is 4.07. The molecule has 0 saturated carbocycles. The van der Waals surface area contributed by atoms with Gasteiger partial charge in [-0.15, -0.1) is 0 Å². The zero-order valence-electron chi connectivity index (χ0n) is 9.19. The molecule has 0 unspecified atom stereocenters. The van der Waals surface area contributed by atoms with Gasteiger partial charge >= 0.3 is 6.61 Å². The van der Waals surface area contributed by atoms with Crippen LogP contribution in [0, 0.1) is 0 Å². The third-order valence-corrected chi connectivity index (χ3v) is 3.23. The second kappa shape index (κ2) is 5.66. The third kappa shape index (κ3) is 2.93. The molecule has 0 N–H and O–H groups in total. The molecule has 0 amide bonds. The number of ether oxygens (including phenoxy) is 1. The van der Waals surface area contributed by atoms with Gasteiger partial charge in [-0.2, -0.15) is 18.6 Å². The Hall–Kier alpha value is -1.47. The molecule has 2 rings (SSSR count). The molecule has 8 heteroatoms. The summed E-state index contributed by atoms with van der Waals surface area (Å²) in [6.45, 7) is -3.03. The summed E-state index contributed by atoms with van der Waals surface area (Å²) in [4.78, 5) is 12.0. The maximum Gasteiger partial charge on any atom is 0.387 e. The Kier molecular flexibility index (Phi) is 4.16. The summed E-state index contributed by atoms with van der Waals surface area (Å²) in [6, 6.07) is 6.53. The Morgan fingerprint density at radius 1 is 1.37 bits per heavy atom. The van der Waals surface area contributed by atoms with Gasteiger partial charge in [-0.1, -0.05) is 23.7 Å². The number of hydrogen-bond donors (Lipinski definition) is 0. The highest BCUT2D eigenvalue weighted by Crippen LogP contribution is 2.23. The van der Waals surface area contributed by atoms with E-state index >= 15 is 0 Å². The van der Waals surface area contributed by atoms with E-state index in [0.717, 1.165) is 10.9 Å². The lowest BCUT2D eigenvalue weighted by molar-refractivity contribution is -0.0508. The van der Waals surface area contributed by atoms with Gasteiger partial charge in [-0.25, -0.2) is 0 Å². The van der Waals surface area contributed by atoms with E-state index in [2.05, 4.69) is 25.8 Å². The van der Waals surface area contributed by atoms with Gasteiger partial charge in [0, 0.05) is 0 Å². The fourth-order valence-electron chi connectivity index (χ4n) is 1.39. The fourth-order valence-corrected chi connectivity index (χ4v) is 1.97. The largest absolute Gasteiger partial charge is 0.432 e. The van der Waals surface area contributed by atoms with Crippen molar-refractivity contribution in [3.8, 4) is 11.4 Å². The van der Waals surface area contributed by atoms with Gasteiger partial charge < -0.3 is 4.74 Å².